The van der Waals surface area contributed by atoms with E-state index in [-0.39, 0.29) is 5.97 Å². The topological polar surface area (TPSA) is 26.3 Å². The molecule has 0 saturated heterocycles. The van der Waals surface area contributed by atoms with Crippen LogP contribution in [0.3, 0.4) is 0 Å². The van der Waals surface area contributed by atoms with Gasteiger partial charge >= 0.3 is 5.97 Å². The molecule has 1 heterocycles. The van der Waals surface area contributed by atoms with Crippen molar-refractivity contribution >= 4 is 11.5 Å². The molecule has 2 rings (SSSR count). The van der Waals surface area contributed by atoms with E-state index in [4.69, 9.17) is 4.74 Å². The Hall–Kier alpha value is -1.57. The molecular weight excluding hydrogens is 176 g/mol. The van der Waals surface area contributed by atoms with Crippen LogP contribution in [0.2, 0.25) is 0 Å². The Bertz CT molecular complexity index is 374. The van der Waals surface area contributed by atoms with Crippen molar-refractivity contribution < 1.29 is 9.53 Å². The van der Waals surface area contributed by atoms with E-state index in [1.165, 1.54) is 5.56 Å². The van der Waals surface area contributed by atoms with Crippen LogP contribution in [0.25, 0.3) is 5.57 Å². The van der Waals surface area contributed by atoms with Gasteiger partial charge in [-0.2, -0.15) is 0 Å². The van der Waals surface area contributed by atoms with Gasteiger partial charge in [0.1, 0.15) is 6.61 Å². The molecule has 0 fully saturated rings. The highest BCUT2D eigenvalue weighted by Gasteiger charge is 2.17. The van der Waals surface area contributed by atoms with E-state index in [9.17, 15) is 4.79 Å². The fraction of sp³-hybridized carbons (Fsp3) is 0.250. The maximum Gasteiger partial charge on any atom is 0.338 e. The monoisotopic (exact) mass is 188 g/mol. The number of hydrogen-bond acceptors (Lipinski definition) is 2. The number of carbonyl (C=O) groups is 1. The van der Waals surface area contributed by atoms with Crippen molar-refractivity contribution in [3.63, 3.8) is 0 Å². The molecule has 14 heavy (non-hydrogen) atoms. The van der Waals surface area contributed by atoms with Crippen LogP contribution in [-0.2, 0) is 16.0 Å². The summed E-state index contributed by atoms with van der Waals surface area (Å²) in [6, 6.07) is 8.03. The Morgan fingerprint density at radius 2 is 2.00 bits per heavy atom. The molecule has 0 N–H and O–H groups in total. The molecule has 72 valence electrons. The van der Waals surface area contributed by atoms with E-state index >= 15 is 0 Å². The zero-order valence-electron chi connectivity index (χ0n) is 8.12. The molecule has 0 radical (unpaired) electrons. The molecule has 0 unspecified atom stereocenters. The summed E-state index contributed by atoms with van der Waals surface area (Å²) in [5, 5.41) is 0. The number of ether oxygens (including phenoxy) is 1. The second-order valence-corrected chi connectivity index (χ2v) is 3.27. The molecule has 1 aliphatic rings. The molecule has 0 aliphatic carbocycles. The molecule has 0 amide bonds. The maximum absolute atomic E-state index is 11.2. The van der Waals surface area contributed by atoms with E-state index < -0.39 is 0 Å². The summed E-state index contributed by atoms with van der Waals surface area (Å²) < 4.78 is 4.84. The van der Waals surface area contributed by atoms with Crippen molar-refractivity contribution in [3.05, 3.63) is 41.5 Å². The number of esters is 1. The SMILES string of the molecule is CCc1ccc(C2=CCOC2=O)cc1. The first-order valence-electron chi connectivity index (χ1n) is 4.78. The number of aryl methyl sites for hydroxylation is 1. The van der Waals surface area contributed by atoms with Crippen LogP contribution in [0.1, 0.15) is 18.1 Å². The lowest BCUT2D eigenvalue weighted by molar-refractivity contribution is -0.133. The quantitative estimate of drug-likeness (QED) is 0.665. The predicted molar refractivity (Wildman–Crippen MR) is 54.8 cm³/mol. The minimum Gasteiger partial charge on any atom is -0.458 e. The molecule has 0 atom stereocenters. The van der Waals surface area contributed by atoms with Gasteiger partial charge in [0.25, 0.3) is 0 Å². The van der Waals surface area contributed by atoms with E-state index in [2.05, 4.69) is 6.92 Å². The standard InChI is InChI=1S/C12H12O2/c1-2-9-3-5-10(6-4-9)11-7-8-14-12(11)13/h3-7H,2,8H2,1H3. The van der Waals surface area contributed by atoms with Crippen LogP contribution in [-0.4, -0.2) is 12.6 Å². The molecule has 0 aromatic heterocycles. The molecule has 0 spiro atoms. The zero-order chi connectivity index (χ0) is 9.97. The molecule has 2 nitrogen and oxygen atoms in total. The molecular formula is C12H12O2. The predicted octanol–water partition coefficient (Wildman–Crippen LogP) is 2.19. The molecule has 0 saturated carbocycles. The smallest absolute Gasteiger partial charge is 0.338 e. The van der Waals surface area contributed by atoms with Gasteiger partial charge in [-0.05, 0) is 23.6 Å². The van der Waals surface area contributed by atoms with Crippen LogP contribution in [0.4, 0.5) is 0 Å². The summed E-state index contributed by atoms with van der Waals surface area (Å²) in [4.78, 5) is 11.2. The van der Waals surface area contributed by atoms with Crippen molar-refractivity contribution in [2.45, 2.75) is 13.3 Å². The van der Waals surface area contributed by atoms with Crippen LogP contribution >= 0.6 is 0 Å². The first kappa shape index (κ1) is 9.00. The van der Waals surface area contributed by atoms with Gasteiger partial charge in [0.15, 0.2) is 0 Å². The molecule has 0 bridgehead atoms. The second kappa shape index (κ2) is 3.66. The van der Waals surface area contributed by atoms with Crippen LogP contribution in [0.5, 0.6) is 0 Å². The Balaban J connectivity index is 2.29. The van der Waals surface area contributed by atoms with Crippen molar-refractivity contribution in [3.8, 4) is 0 Å². The third-order valence-electron chi connectivity index (χ3n) is 2.39. The minimum atomic E-state index is -0.214. The molecule has 1 aromatic carbocycles. The third-order valence-corrected chi connectivity index (χ3v) is 2.39. The summed E-state index contributed by atoms with van der Waals surface area (Å²) >= 11 is 0. The average molecular weight is 188 g/mol. The number of cyclic esters (lactones) is 1. The van der Waals surface area contributed by atoms with Crippen LogP contribution < -0.4 is 0 Å². The zero-order valence-corrected chi connectivity index (χ0v) is 8.12. The second-order valence-electron chi connectivity index (χ2n) is 3.27. The lowest BCUT2D eigenvalue weighted by Gasteiger charge is -2.01. The first-order chi connectivity index (χ1) is 6.81. The molecule has 1 aliphatic heterocycles. The van der Waals surface area contributed by atoms with Gasteiger partial charge in [-0.25, -0.2) is 4.79 Å². The summed E-state index contributed by atoms with van der Waals surface area (Å²) in [6.45, 7) is 2.52. The number of hydrogen-bond donors (Lipinski definition) is 0. The van der Waals surface area contributed by atoms with E-state index in [1.54, 1.807) is 0 Å². The Morgan fingerprint density at radius 3 is 2.50 bits per heavy atom. The van der Waals surface area contributed by atoms with Gasteiger partial charge in [-0.15, -0.1) is 0 Å². The molecule has 2 heteroatoms. The Labute approximate surface area is 83.2 Å². The van der Waals surface area contributed by atoms with Crippen molar-refractivity contribution in [1.29, 1.82) is 0 Å². The lowest BCUT2D eigenvalue weighted by atomic mass is 10.0. The van der Waals surface area contributed by atoms with E-state index in [0.717, 1.165) is 12.0 Å². The largest absolute Gasteiger partial charge is 0.458 e. The van der Waals surface area contributed by atoms with Crippen molar-refractivity contribution in [2.24, 2.45) is 0 Å². The lowest BCUT2D eigenvalue weighted by Crippen LogP contribution is -1.98. The average Bonchev–Trinajstić information content (AvgIpc) is 2.65. The van der Waals surface area contributed by atoms with Gasteiger partial charge in [0, 0.05) is 0 Å². The Morgan fingerprint density at radius 1 is 1.29 bits per heavy atom. The maximum atomic E-state index is 11.2. The fourth-order valence-corrected chi connectivity index (χ4v) is 1.52. The fourth-order valence-electron chi connectivity index (χ4n) is 1.52. The molecule has 1 aromatic rings. The normalized spacial score (nSPS) is 15.2. The van der Waals surface area contributed by atoms with Gasteiger partial charge in [0.05, 0.1) is 5.57 Å². The van der Waals surface area contributed by atoms with E-state index in [0.29, 0.717) is 12.2 Å². The van der Waals surface area contributed by atoms with Gasteiger partial charge in [0.2, 0.25) is 0 Å². The van der Waals surface area contributed by atoms with Crippen molar-refractivity contribution in [2.75, 3.05) is 6.61 Å². The van der Waals surface area contributed by atoms with Crippen molar-refractivity contribution in [1.82, 2.24) is 0 Å². The summed E-state index contributed by atoms with van der Waals surface area (Å²) in [6.07, 6.45) is 2.84. The highest BCUT2D eigenvalue weighted by molar-refractivity contribution is 6.18. The summed E-state index contributed by atoms with van der Waals surface area (Å²) in [7, 11) is 0. The highest BCUT2D eigenvalue weighted by Crippen LogP contribution is 2.20. The van der Waals surface area contributed by atoms with Gasteiger partial charge < -0.3 is 4.74 Å². The summed E-state index contributed by atoms with van der Waals surface area (Å²) in [5.41, 5.74) is 2.91. The van der Waals surface area contributed by atoms with Crippen LogP contribution in [0.15, 0.2) is 30.3 Å². The number of carbonyl (C=O) groups excluding carboxylic acids is 1. The van der Waals surface area contributed by atoms with E-state index in [1.807, 2.05) is 30.3 Å². The van der Waals surface area contributed by atoms with Gasteiger partial charge in [-0.1, -0.05) is 31.2 Å². The summed E-state index contributed by atoms with van der Waals surface area (Å²) in [5.74, 6) is -0.214. The van der Waals surface area contributed by atoms with Gasteiger partial charge in [-0.3, -0.25) is 0 Å². The number of rotatable bonds is 2. The highest BCUT2D eigenvalue weighted by atomic mass is 16.5. The van der Waals surface area contributed by atoms with Crippen LogP contribution in [0, 0.1) is 0 Å². The minimum absolute atomic E-state index is 0.214. The first-order valence-corrected chi connectivity index (χ1v) is 4.78. The number of benzene rings is 1. The Kier molecular flexibility index (Phi) is 2.35. The third kappa shape index (κ3) is 1.55.